The topological polar surface area (TPSA) is 34.2 Å². The molecule has 3 nitrogen and oxygen atoms in total. The summed E-state index contributed by atoms with van der Waals surface area (Å²) in [6.45, 7) is 4.94. The number of aromatic nitrogens is 1. The van der Waals surface area contributed by atoms with Crippen molar-refractivity contribution in [1.82, 2.24) is 4.98 Å². The number of hydrogen-bond acceptors (Lipinski definition) is 2. The maximum Gasteiger partial charge on any atom is 0.0873 e. The van der Waals surface area contributed by atoms with Gasteiger partial charge in [-0.3, -0.25) is 0 Å². The predicted molar refractivity (Wildman–Crippen MR) is 101 cm³/mol. The average Bonchev–Trinajstić information content (AvgIpc) is 3.03. The molecule has 2 heterocycles. The van der Waals surface area contributed by atoms with E-state index in [1.807, 2.05) is 6.07 Å². The van der Waals surface area contributed by atoms with Crippen molar-refractivity contribution in [2.24, 2.45) is 0 Å². The quantitative estimate of drug-likeness (QED) is 0.702. The van der Waals surface area contributed by atoms with Crippen LogP contribution >= 0.6 is 0 Å². The van der Waals surface area contributed by atoms with Crippen LogP contribution in [0.15, 0.2) is 54.7 Å². The largest absolute Gasteiger partial charge is 0.373 e. The summed E-state index contributed by atoms with van der Waals surface area (Å²) in [6, 6.07) is 16.9. The molecule has 25 heavy (non-hydrogen) atoms. The summed E-state index contributed by atoms with van der Waals surface area (Å²) < 4.78 is 12.5. The fraction of sp³-hybridized carbons (Fsp3) is 0.364. The molecule has 3 aromatic rings. The fourth-order valence-corrected chi connectivity index (χ4v) is 3.74. The van der Waals surface area contributed by atoms with Gasteiger partial charge < -0.3 is 14.5 Å². The van der Waals surface area contributed by atoms with Crippen LogP contribution in [0, 0.1) is 6.92 Å². The Kier molecular flexibility index (Phi) is 4.60. The van der Waals surface area contributed by atoms with Gasteiger partial charge in [0.25, 0.3) is 0 Å². The van der Waals surface area contributed by atoms with E-state index in [1.165, 1.54) is 27.6 Å². The molecule has 3 heteroatoms. The number of rotatable bonds is 4. The van der Waals surface area contributed by atoms with Crippen molar-refractivity contribution in [2.45, 2.75) is 51.6 Å². The predicted octanol–water partition coefficient (Wildman–Crippen LogP) is 5.30. The number of ether oxygens (including phenoxy) is 2. The van der Waals surface area contributed by atoms with Gasteiger partial charge in [0.2, 0.25) is 0 Å². The van der Waals surface area contributed by atoms with Crippen molar-refractivity contribution in [3.8, 4) is 0 Å². The molecular formula is C22H25NO2. The first-order valence-electron chi connectivity index (χ1n) is 9.07. The van der Waals surface area contributed by atoms with Crippen LogP contribution in [-0.2, 0) is 16.1 Å². The molecule has 0 bridgehead atoms. The van der Waals surface area contributed by atoms with Crippen LogP contribution in [0.4, 0.5) is 0 Å². The van der Waals surface area contributed by atoms with Crippen LogP contribution in [0.25, 0.3) is 10.9 Å². The number of nitrogens with one attached hydrogen (secondary N) is 1. The van der Waals surface area contributed by atoms with E-state index in [0.717, 1.165) is 12.8 Å². The van der Waals surface area contributed by atoms with Gasteiger partial charge in [0, 0.05) is 29.1 Å². The minimum absolute atomic E-state index is 0.0834. The summed E-state index contributed by atoms with van der Waals surface area (Å²) in [6.07, 6.45) is 4.46. The molecular weight excluding hydrogens is 310 g/mol. The van der Waals surface area contributed by atoms with Gasteiger partial charge in [0.15, 0.2) is 0 Å². The van der Waals surface area contributed by atoms with E-state index in [2.05, 4.69) is 67.5 Å². The maximum atomic E-state index is 6.26. The van der Waals surface area contributed by atoms with Gasteiger partial charge in [0.05, 0.1) is 24.9 Å². The molecule has 0 aliphatic carbocycles. The molecule has 1 aromatic heterocycles. The molecule has 0 amide bonds. The van der Waals surface area contributed by atoms with E-state index in [4.69, 9.17) is 9.47 Å². The number of fused-ring (bicyclic) bond motifs is 1. The molecule has 2 aromatic carbocycles. The third-order valence-corrected chi connectivity index (χ3v) is 5.01. The summed E-state index contributed by atoms with van der Waals surface area (Å²) in [5.74, 6) is 0. The molecule has 1 aliphatic heterocycles. The van der Waals surface area contributed by atoms with Crippen molar-refractivity contribution in [3.05, 3.63) is 71.4 Å². The number of hydrogen-bond donors (Lipinski definition) is 1. The standard InChI is InChI=1S/C22H25NO2/c1-15-8-9-21-19(10-15)20(13-23-21)22-12-18(11-16(2)25-22)24-14-17-6-4-3-5-7-17/h3-10,13,16,18,22-23H,11-12,14H2,1-2H3/t16-,18+,22-/m1/s1. The molecule has 3 atom stereocenters. The summed E-state index contributed by atoms with van der Waals surface area (Å²) in [5.41, 5.74) is 4.91. The Morgan fingerprint density at radius 2 is 1.96 bits per heavy atom. The Bertz CT molecular complexity index is 840. The van der Waals surface area contributed by atoms with Crippen molar-refractivity contribution in [1.29, 1.82) is 0 Å². The molecule has 1 aliphatic rings. The summed E-state index contributed by atoms with van der Waals surface area (Å²) in [5, 5.41) is 1.26. The van der Waals surface area contributed by atoms with E-state index < -0.39 is 0 Å². The van der Waals surface area contributed by atoms with Gasteiger partial charge in [-0.05, 0) is 38.0 Å². The van der Waals surface area contributed by atoms with Crippen molar-refractivity contribution < 1.29 is 9.47 Å². The number of H-pyrrole nitrogens is 1. The molecule has 130 valence electrons. The highest BCUT2D eigenvalue weighted by atomic mass is 16.5. The average molecular weight is 335 g/mol. The Balaban J connectivity index is 1.50. The molecule has 0 radical (unpaired) electrons. The Hall–Kier alpha value is -2.10. The van der Waals surface area contributed by atoms with E-state index >= 15 is 0 Å². The highest BCUT2D eigenvalue weighted by Crippen LogP contribution is 2.36. The maximum absolute atomic E-state index is 6.26. The van der Waals surface area contributed by atoms with Crippen LogP contribution in [0.5, 0.6) is 0 Å². The minimum atomic E-state index is 0.0834. The first-order valence-corrected chi connectivity index (χ1v) is 9.07. The van der Waals surface area contributed by atoms with Crippen LogP contribution in [0.1, 0.15) is 42.6 Å². The molecule has 1 N–H and O–H groups in total. The highest BCUT2D eigenvalue weighted by molar-refractivity contribution is 5.84. The smallest absolute Gasteiger partial charge is 0.0873 e. The van der Waals surface area contributed by atoms with Crippen molar-refractivity contribution >= 4 is 10.9 Å². The summed E-state index contributed by atoms with van der Waals surface area (Å²) in [4.78, 5) is 3.38. The zero-order valence-corrected chi connectivity index (χ0v) is 14.9. The van der Waals surface area contributed by atoms with E-state index in [9.17, 15) is 0 Å². The zero-order chi connectivity index (χ0) is 17.2. The molecule has 0 saturated carbocycles. The minimum Gasteiger partial charge on any atom is -0.373 e. The van der Waals surface area contributed by atoms with Gasteiger partial charge in [-0.2, -0.15) is 0 Å². The normalized spacial score (nSPS) is 23.8. The van der Waals surface area contributed by atoms with Crippen molar-refractivity contribution in [3.63, 3.8) is 0 Å². The molecule has 4 rings (SSSR count). The fourth-order valence-electron chi connectivity index (χ4n) is 3.74. The highest BCUT2D eigenvalue weighted by Gasteiger charge is 2.30. The molecule has 1 fully saturated rings. The lowest BCUT2D eigenvalue weighted by atomic mass is 9.95. The van der Waals surface area contributed by atoms with Gasteiger partial charge in [-0.25, -0.2) is 0 Å². The second kappa shape index (κ2) is 7.03. The van der Waals surface area contributed by atoms with Crippen LogP contribution < -0.4 is 0 Å². The van der Waals surface area contributed by atoms with Gasteiger partial charge in [-0.1, -0.05) is 42.0 Å². The third kappa shape index (κ3) is 3.63. The van der Waals surface area contributed by atoms with E-state index in [1.54, 1.807) is 0 Å². The van der Waals surface area contributed by atoms with Gasteiger partial charge in [-0.15, -0.1) is 0 Å². The second-order valence-corrected chi connectivity index (χ2v) is 7.12. The number of benzene rings is 2. The third-order valence-electron chi connectivity index (χ3n) is 5.01. The molecule has 0 unspecified atom stereocenters. The number of aryl methyl sites for hydroxylation is 1. The SMILES string of the molecule is Cc1ccc2[nH]cc([C@H]3C[C@@H](OCc4ccccc4)C[C@@H](C)O3)c2c1. The first kappa shape index (κ1) is 16.4. The van der Waals surface area contributed by atoms with Crippen LogP contribution in [0.2, 0.25) is 0 Å². The summed E-state index contributed by atoms with van der Waals surface area (Å²) >= 11 is 0. The zero-order valence-electron chi connectivity index (χ0n) is 14.9. The van der Waals surface area contributed by atoms with Crippen LogP contribution in [0.3, 0.4) is 0 Å². The first-order chi connectivity index (χ1) is 12.2. The van der Waals surface area contributed by atoms with Crippen molar-refractivity contribution in [2.75, 3.05) is 0 Å². The Morgan fingerprint density at radius 3 is 2.80 bits per heavy atom. The lowest BCUT2D eigenvalue weighted by Gasteiger charge is -2.34. The van der Waals surface area contributed by atoms with Gasteiger partial charge >= 0.3 is 0 Å². The molecule has 1 saturated heterocycles. The second-order valence-electron chi connectivity index (χ2n) is 7.12. The monoisotopic (exact) mass is 335 g/mol. The van der Waals surface area contributed by atoms with E-state index in [0.29, 0.717) is 6.61 Å². The summed E-state index contributed by atoms with van der Waals surface area (Å²) in [7, 11) is 0. The van der Waals surface area contributed by atoms with Crippen LogP contribution in [-0.4, -0.2) is 17.2 Å². The van der Waals surface area contributed by atoms with E-state index in [-0.39, 0.29) is 18.3 Å². The Labute approximate surface area is 149 Å². The van der Waals surface area contributed by atoms with Gasteiger partial charge in [0.1, 0.15) is 0 Å². The lowest BCUT2D eigenvalue weighted by molar-refractivity contribution is -0.114. The lowest BCUT2D eigenvalue weighted by Crippen LogP contribution is -2.31. The Morgan fingerprint density at radius 1 is 1.12 bits per heavy atom. The molecule has 0 spiro atoms. The number of aromatic amines is 1.